The first-order valence-electron chi connectivity index (χ1n) is 7.83. The Labute approximate surface area is 149 Å². The summed E-state index contributed by atoms with van der Waals surface area (Å²) in [6.45, 7) is -0.189. The Balaban J connectivity index is 1.57. The van der Waals surface area contributed by atoms with Crippen molar-refractivity contribution in [3.05, 3.63) is 60.3 Å². The Hall–Kier alpha value is -3.61. The maximum atomic E-state index is 11.9. The first kappa shape index (κ1) is 17.2. The Kier molecular flexibility index (Phi) is 5.28. The zero-order valence-electron chi connectivity index (χ0n) is 14.0. The third kappa shape index (κ3) is 4.07. The highest BCUT2D eigenvalue weighted by Crippen LogP contribution is 2.25. The first-order valence-corrected chi connectivity index (χ1v) is 7.83. The predicted molar refractivity (Wildman–Crippen MR) is 97.6 cm³/mol. The minimum Gasteiger partial charge on any atom is -0.504 e. The molecule has 0 radical (unpaired) electrons. The SMILES string of the molecule is COc1cc(/C=N\NC(=O)COc2cccc3cccnc23)ccc1O. The van der Waals surface area contributed by atoms with Crippen LogP contribution in [0, 0.1) is 0 Å². The number of amides is 1. The normalized spacial score (nSPS) is 10.8. The van der Waals surface area contributed by atoms with Crippen molar-refractivity contribution in [3.63, 3.8) is 0 Å². The van der Waals surface area contributed by atoms with Gasteiger partial charge in [-0.15, -0.1) is 0 Å². The van der Waals surface area contributed by atoms with Gasteiger partial charge in [-0.3, -0.25) is 9.78 Å². The van der Waals surface area contributed by atoms with Gasteiger partial charge in [-0.1, -0.05) is 18.2 Å². The van der Waals surface area contributed by atoms with Crippen LogP contribution < -0.4 is 14.9 Å². The second kappa shape index (κ2) is 7.98. The zero-order chi connectivity index (χ0) is 18.4. The Bertz CT molecular complexity index is 951. The number of nitrogens with zero attached hydrogens (tertiary/aromatic N) is 2. The highest BCUT2D eigenvalue weighted by Gasteiger charge is 2.06. The predicted octanol–water partition coefficient (Wildman–Crippen LogP) is 2.48. The van der Waals surface area contributed by atoms with E-state index in [1.54, 1.807) is 24.4 Å². The number of benzene rings is 2. The van der Waals surface area contributed by atoms with Gasteiger partial charge in [0.1, 0.15) is 11.3 Å². The van der Waals surface area contributed by atoms with Crippen molar-refractivity contribution in [2.45, 2.75) is 0 Å². The number of aromatic hydroxyl groups is 1. The van der Waals surface area contributed by atoms with Gasteiger partial charge in [0.25, 0.3) is 5.91 Å². The molecule has 7 nitrogen and oxygen atoms in total. The van der Waals surface area contributed by atoms with Gasteiger partial charge in [-0.05, 0) is 35.9 Å². The van der Waals surface area contributed by atoms with Crippen molar-refractivity contribution in [1.82, 2.24) is 10.4 Å². The second-order valence-corrected chi connectivity index (χ2v) is 5.34. The summed E-state index contributed by atoms with van der Waals surface area (Å²) in [4.78, 5) is 16.2. The summed E-state index contributed by atoms with van der Waals surface area (Å²) >= 11 is 0. The molecule has 2 aromatic carbocycles. The molecule has 0 aliphatic carbocycles. The van der Waals surface area contributed by atoms with Gasteiger partial charge in [0.05, 0.1) is 13.3 Å². The third-order valence-corrected chi connectivity index (χ3v) is 3.56. The van der Waals surface area contributed by atoms with E-state index in [0.29, 0.717) is 22.6 Å². The Morgan fingerprint density at radius 2 is 2.08 bits per heavy atom. The van der Waals surface area contributed by atoms with Crippen molar-refractivity contribution in [1.29, 1.82) is 0 Å². The zero-order valence-corrected chi connectivity index (χ0v) is 14.0. The lowest BCUT2D eigenvalue weighted by Gasteiger charge is -2.07. The van der Waals surface area contributed by atoms with Gasteiger partial charge < -0.3 is 14.6 Å². The van der Waals surface area contributed by atoms with Gasteiger partial charge in [0.2, 0.25) is 0 Å². The second-order valence-electron chi connectivity index (χ2n) is 5.34. The number of hydrogen-bond donors (Lipinski definition) is 2. The van der Waals surface area contributed by atoms with Crippen molar-refractivity contribution >= 4 is 23.0 Å². The standard InChI is InChI=1S/C19H17N3O4/c1-25-17-10-13(7-8-15(17)23)11-21-22-18(24)12-26-16-6-2-4-14-5-3-9-20-19(14)16/h2-11,23H,12H2,1H3,(H,22,24)/b21-11-. The van der Waals surface area contributed by atoms with Crippen LogP contribution in [-0.2, 0) is 4.79 Å². The van der Waals surface area contributed by atoms with Crippen LogP contribution in [0.15, 0.2) is 59.8 Å². The molecule has 3 rings (SSSR count). The van der Waals surface area contributed by atoms with E-state index in [1.165, 1.54) is 19.4 Å². The molecule has 1 heterocycles. The van der Waals surface area contributed by atoms with Crippen LogP contribution >= 0.6 is 0 Å². The average molecular weight is 351 g/mol. The van der Waals surface area contributed by atoms with E-state index in [0.717, 1.165) is 5.39 Å². The minimum absolute atomic E-state index is 0.0331. The fraction of sp³-hybridized carbons (Fsp3) is 0.105. The van der Waals surface area contributed by atoms with Crippen LogP contribution in [0.4, 0.5) is 0 Å². The lowest BCUT2D eigenvalue weighted by atomic mass is 10.2. The van der Waals surface area contributed by atoms with Gasteiger partial charge in [-0.2, -0.15) is 5.10 Å². The van der Waals surface area contributed by atoms with Crippen molar-refractivity contribution in [3.8, 4) is 17.2 Å². The molecule has 3 aromatic rings. The molecule has 0 fully saturated rings. The van der Waals surface area contributed by atoms with E-state index in [9.17, 15) is 9.90 Å². The molecule has 1 amide bonds. The molecule has 0 atom stereocenters. The first-order chi connectivity index (χ1) is 12.7. The molecule has 26 heavy (non-hydrogen) atoms. The Morgan fingerprint density at radius 1 is 1.23 bits per heavy atom. The lowest BCUT2D eigenvalue weighted by molar-refractivity contribution is -0.123. The average Bonchev–Trinajstić information content (AvgIpc) is 2.67. The number of hydrazone groups is 1. The number of rotatable bonds is 6. The topological polar surface area (TPSA) is 93.0 Å². The molecule has 0 bridgehead atoms. The number of carbonyl (C=O) groups excluding carboxylic acids is 1. The fourth-order valence-corrected chi connectivity index (χ4v) is 2.32. The summed E-state index contributed by atoms with van der Waals surface area (Å²) < 4.78 is 10.5. The van der Waals surface area contributed by atoms with E-state index < -0.39 is 5.91 Å². The summed E-state index contributed by atoms with van der Waals surface area (Å²) in [7, 11) is 1.46. The summed E-state index contributed by atoms with van der Waals surface area (Å²) in [5.74, 6) is 0.489. The molecule has 0 unspecified atom stereocenters. The molecule has 0 saturated heterocycles. The number of para-hydroxylation sites is 1. The van der Waals surface area contributed by atoms with Crippen molar-refractivity contribution < 1.29 is 19.4 Å². The molecule has 0 aliphatic heterocycles. The highest BCUT2D eigenvalue weighted by atomic mass is 16.5. The molecule has 132 valence electrons. The number of fused-ring (bicyclic) bond motifs is 1. The fourth-order valence-electron chi connectivity index (χ4n) is 2.32. The number of hydrogen-bond acceptors (Lipinski definition) is 6. The van der Waals surface area contributed by atoms with Crippen LogP contribution in [0.25, 0.3) is 10.9 Å². The molecule has 1 aromatic heterocycles. The van der Waals surface area contributed by atoms with E-state index >= 15 is 0 Å². The number of aromatic nitrogens is 1. The number of pyridine rings is 1. The molecular formula is C19H17N3O4. The molecule has 2 N–H and O–H groups in total. The van der Waals surface area contributed by atoms with E-state index in [4.69, 9.17) is 9.47 Å². The van der Waals surface area contributed by atoms with Gasteiger partial charge in [-0.25, -0.2) is 5.43 Å². The largest absolute Gasteiger partial charge is 0.504 e. The smallest absolute Gasteiger partial charge is 0.277 e. The summed E-state index contributed by atoms with van der Waals surface area (Å²) in [5.41, 5.74) is 3.75. The van der Waals surface area contributed by atoms with E-state index in [-0.39, 0.29) is 12.4 Å². The highest BCUT2D eigenvalue weighted by molar-refractivity contribution is 5.86. The summed E-state index contributed by atoms with van der Waals surface area (Å²) in [6.07, 6.45) is 3.12. The lowest BCUT2D eigenvalue weighted by Crippen LogP contribution is -2.24. The molecule has 0 saturated carbocycles. The number of methoxy groups -OCH3 is 1. The van der Waals surface area contributed by atoms with Crippen LogP contribution in [0.1, 0.15) is 5.56 Å². The molecule has 0 aliphatic rings. The number of carbonyl (C=O) groups is 1. The van der Waals surface area contributed by atoms with E-state index in [2.05, 4.69) is 15.5 Å². The number of phenolic OH excluding ortho intramolecular Hbond substituents is 1. The maximum Gasteiger partial charge on any atom is 0.277 e. The van der Waals surface area contributed by atoms with Crippen LogP contribution in [0.3, 0.4) is 0 Å². The molecule has 0 spiro atoms. The molecular weight excluding hydrogens is 334 g/mol. The number of nitrogens with one attached hydrogen (secondary N) is 1. The monoisotopic (exact) mass is 351 g/mol. The number of ether oxygens (including phenoxy) is 2. The van der Waals surface area contributed by atoms with Crippen LogP contribution in [-0.4, -0.2) is 35.9 Å². The summed E-state index contributed by atoms with van der Waals surface area (Å²) in [5, 5.41) is 14.3. The van der Waals surface area contributed by atoms with Gasteiger partial charge in [0.15, 0.2) is 18.1 Å². The number of phenols is 1. The Morgan fingerprint density at radius 3 is 2.92 bits per heavy atom. The van der Waals surface area contributed by atoms with Crippen LogP contribution in [0.2, 0.25) is 0 Å². The maximum absolute atomic E-state index is 11.9. The van der Waals surface area contributed by atoms with Gasteiger partial charge >= 0.3 is 0 Å². The van der Waals surface area contributed by atoms with Crippen molar-refractivity contribution in [2.24, 2.45) is 5.10 Å². The van der Waals surface area contributed by atoms with Crippen molar-refractivity contribution in [2.75, 3.05) is 13.7 Å². The van der Waals surface area contributed by atoms with E-state index in [1.807, 2.05) is 24.3 Å². The van der Waals surface area contributed by atoms with Gasteiger partial charge in [0, 0.05) is 11.6 Å². The third-order valence-electron chi connectivity index (χ3n) is 3.56. The van der Waals surface area contributed by atoms with Crippen LogP contribution in [0.5, 0.6) is 17.2 Å². The molecule has 7 heteroatoms. The minimum atomic E-state index is -0.403. The quantitative estimate of drug-likeness (QED) is 0.526. The summed E-state index contributed by atoms with van der Waals surface area (Å²) in [6, 6.07) is 14.0.